The third-order valence-corrected chi connectivity index (χ3v) is 6.29. The molecule has 0 aliphatic heterocycles. The lowest BCUT2D eigenvalue weighted by molar-refractivity contribution is -0.122. The molecule has 8 heteroatoms. The summed E-state index contributed by atoms with van der Waals surface area (Å²) < 4.78 is 25.3. The van der Waals surface area contributed by atoms with Gasteiger partial charge in [-0.15, -0.1) is 0 Å². The van der Waals surface area contributed by atoms with E-state index in [1.807, 2.05) is 0 Å². The Hall–Kier alpha value is -0.820. The number of carbonyl (C=O) groups is 1. The molecule has 0 bridgehead atoms. The summed E-state index contributed by atoms with van der Waals surface area (Å²) in [6.07, 6.45) is 7.60. The zero-order valence-electron chi connectivity index (χ0n) is 14.3. The molecule has 1 aromatic rings. The second-order valence-corrected chi connectivity index (χ2v) is 9.33. The Morgan fingerprint density at radius 2 is 1.80 bits per heavy atom. The molecule has 1 aromatic carbocycles. The van der Waals surface area contributed by atoms with Gasteiger partial charge in [-0.05, 0) is 30.5 Å². The van der Waals surface area contributed by atoms with Crippen molar-refractivity contribution in [2.24, 2.45) is 0 Å². The normalized spacial score (nSPS) is 16.6. The molecule has 1 amide bonds. The van der Waals surface area contributed by atoms with Crippen LogP contribution in [0, 0.1) is 0 Å². The first-order valence-corrected chi connectivity index (χ1v) is 11.0. The fourth-order valence-corrected chi connectivity index (χ4v) is 4.05. The van der Waals surface area contributed by atoms with E-state index < -0.39 is 10.0 Å². The zero-order chi connectivity index (χ0) is 18.4. The van der Waals surface area contributed by atoms with Crippen LogP contribution in [0.4, 0.5) is 0 Å². The van der Waals surface area contributed by atoms with E-state index in [1.165, 1.54) is 12.8 Å². The minimum atomic E-state index is -3.53. The minimum Gasteiger partial charge on any atom is -0.352 e. The van der Waals surface area contributed by atoms with E-state index in [4.69, 9.17) is 23.2 Å². The van der Waals surface area contributed by atoms with Gasteiger partial charge < -0.3 is 5.32 Å². The van der Waals surface area contributed by atoms with Crippen LogP contribution in [0.1, 0.15) is 44.1 Å². The first kappa shape index (κ1) is 20.5. The van der Waals surface area contributed by atoms with Crippen LogP contribution in [0.3, 0.4) is 0 Å². The number of nitrogens with one attached hydrogen (secondary N) is 1. The predicted octanol–water partition coefficient (Wildman–Crippen LogP) is 3.59. The quantitative estimate of drug-likeness (QED) is 0.733. The van der Waals surface area contributed by atoms with Crippen LogP contribution in [0.2, 0.25) is 10.0 Å². The van der Waals surface area contributed by atoms with Crippen molar-refractivity contribution in [3.8, 4) is 0 Å². The summed E-state index contributed by atoms with van der Waals surface area (Å²) in [5.74, 6) is -0.266. The van der Waals surface area contributed by atoms with Gasteiger partial charge in [0, 0.05) is 12.6 Å². The van der Waals surface area contributed by atoms with Gasteiger partial charge in [-0.3, -0.25) is 4.79 Å². The highest BCUT2D eigenvalue weighted by atomic mass is 35.5. The number of rotatable bonds is 6. The van der Waals surface area contributed by atoms with Crippen molar-refractivity contribution in [1.29, 1.82) is 0 Å². The molecule has 1 aliphatic carbocycles. The van der Waals surface area contributed by atoms with Gasteiger partial charge in [0.15, 0.2) is 0 Å². The van der Waals surface area contributed by atoms with E-state index in [1.54, 1.807) is 18.2 Å². The standard InChI is InChI=1S/C17H24Cl2N2O3S/c1-25(23,24)21(11-13-8-9-15(18)16(19)10-13)12-17(22)20-14-6-4-2-3-5-7-14/h8-10,14H,2-7,11-12H2,1H3,(H,20,22). The van der Waals surface area contributed by atoms with E-state index in [9.17, 15) is 13.2 Å². The number of amides is 1. The van der Waals surface area contributed by atoms with Crippen molar-refractivity contribution in [2.75, 3.05) is 12.8 Å². The van der Waals surface area contributed by atoms with Crippen molar-refractivity contribution in [3.05, 3.63) is 33.8 Å². The Labute approximate surface area is 159 Å². The number of carbonyl (C=O) groups excluding carboxylic acids is 1. The van der Waals surface area contributed by atoms with Crippen molar-refractivity contribution >= 4 is 39.1 Å². The highest BCUT2D eigenvalue weighted by molar-refractivity contribution is 7.88. The summed E-state index contributed by atoms with van der Waals surface area (Å²) in [4.78, 5) is 12.3. The molecule has 140 valence electrons. The highest BCUT2D eigenvalue weighted by Gasteiger charge is 2.23. The van der Waals surface area contributed by atoms with Crippen LogP contribution >= 0.6 is 23.2 Å². The molecule has 1 saturated carbocycles. The molecule has 1 aliphatic rings. The lowest BCUT2D eigenvalue weighted by atomic mass is 10.1. The Kier molecular flexibility index (Phi) is 7.55. The summed E-state index contributed by atoms with van der Waals surface area (Å²) >= 11 is 11.9. The first-order valence-electron chi connectivity index (χ1n) is 8.44. The lowest BCUT2D eigenvalue weighted by Crippen LogP contribution is -2.43. The molecule has 1 fully saturated rings. The molecular formula is C17H24Cl2N2O3S. The highest BCUT2D eigenvalue weighted by Crippen LogP contribution is 2.23. The largest absolute Gasteiger partial charge is 0.352 e. The van der Waals surface area contributed by atoms with E-state index in [0.29, 0.717) is 15.6 Å². The topological polar surface area (TPSA) is 66.5 Å². The molecule has 0 heterocycles. The van der Waals surface area contributed by atoms with Crippen molar-refractivity contribution in [2.45, 2.75) is 51.1 Å². The number of hydrogen-bond donors (Lipinski definition) is 1. The van der Waals surface area contributed by atoms with E-state index in [2.05, 4.69) is 5.32 Å². The summed E-state index contributed by atoms with van der Waals surface area (Å²) in [7, 11) is -3.53. The fourth-order valence-electron chi connectivity index (χ4n) is 2.99. The van der Waals surface area contributed by atoms with Gasteiger partial charge in [-0.2, -0.15) is 4.31 Å². The maximum Gasteiger partial charge on any atom is 0.235 e. The fraction of sp³-hybridized carbons (Fsp3) is 0.588. The Bertz CT molecular complexity index is 702. The summed E-state index contributed by atoms with van der Waals surface area (Å²) in [5.41, 5.74) is 0.682. The molecular weight excluding hydrogens is 383 g/mol. The molecule has 2 rings (SSSR count). The Morgan fingerprint density at radius 3 is 2.36 bits per heavy atom. The Morgan fingerprint density at radius 1 is 1.16 bits per heavy atom. The Balaban J connectivity index is 2.01. The lowest BCUT2D eigenvalue weighted by Gasteiger charge is -2.22. The third kappa shape index (κ3) is 6.77. The van der Waals surface area contributed by atoms with Gasteiger partial charge in [0.25, 0.3) is 0 Å². The monoisotopic (exact) mass is 406 g/mol. The van der Waals surface area contributed by atoms with Crippen LogP contribution in [-0.4, -0.2) is 37.5 Å². The van der Waals surface area contributed by atoms with Crippen LogP contribution in [-0.2, 0) is 21.4 Å². The van der Waals surface area contributed by atoms with E-state index >= 15 is 0 Å². The maximum absolute atomic E-state index is 12.3. The first-order chi connectivity index (χ1) is 11.8. The molecule has 0 saturated heterocycles. The van der Waals surface area contributed by atoms with Gasteiger partial charge in [-0.1, -0.05) is 55.0 Å². The number of sulfonamides is 1. The van der Waals surface area contributed by atoms with E-state index in [0.717, 1.165) is 36.2 Å². The average molecular weight is 407 g/mol. The average Bonchev–Trinajstić information content (AvgIpc) is 2.78. The maximum atomic E-state index is 12.3. The zero-order valence-corrected chi connectivity index (χ0v) is 16.6. The minimum absolute atomic E-state index is 0.0772. The summed E-state index contributed by atoms with van der Waals surface area (Å²) in [6.45, 7) is -0.122. The molecule has 1 N–H and O–H groups in total. The molecule has 0 aromatic heterocycles. The summed E-state index contributed by atoms with van der Waals surface area (Å²) in [5, 5.41) is 3.74. The van der Waals surface area contributed by atoms with Crippen molar-refractivity contribution < 1.29 is 13.2 Å². The van der Waals surface area contributed by atoms with Crippen LogP contribution in [0.25, 0.3) is 0 Å². The van der Waals surface area contributed by atoms with Crippen molar-refractivity contribution in [3.63, 3.8) is 0 Å². The number of nitrogens with zero attached hydrogens (tertiary/aromatic N) is 1. The second-order valence-electron chi connectivity index (χ2n) is 6.54. The van der Waals surface area contributed by atoms with Gasteiger partial charge in [-0.25, -0.2) is 8.42 Å². The number of halogens is 2. The van der Waals surface area contributed by atoms with E-state index in [-0.39, 0.29) is 25.0 Å². The predicted molar refractivity (Wildman–Crippen MR) is 101 cm³/mol. The second kappa shape index (κ2) is 9.21. The number of hydrogen-bond acceptors (Lipinski definition) is 3. The van der Waals surface area contributed by atoms with Crippen LogP contribution in [0.15, 0.2) is 18.2 Å². The molecule has 0 unspecified atom stereocenters. The SMILES string of the molecule is CS(=O)(=O)N(CC(=O)NC1CCCCCC1)Cc1ccc(Cl)c(Cl)c1. The third-order valence-electron chi connectivity index (χ3n) is 4.35. The molecule has 0 atom stereocenters. The molecule has 5 nitrogen and oxygen atoms in total. The van der Waals surface area contributed by atoms with Gasteiger partial charge in [0.05, 0.1) is 22.8 Å². The molecule has 0 spiro atoms. The van der Waals surface area contributed by atoms with Crippen LogP contribution < -0.4 is 5.32 Å². The molecule has 0 radical (unpaired) electrons. The van der Waals surface area contributed by atoms with Crippen LogP contribution in [0.5, 0.6) is 0 Å². The van der Waals surface area contributed by atoms with Gasteiger partial charge >= 0.3 is 0 Å². The molecule has 25 heavy (non-hydrogen) atoms. The van der Waals surface area contributed by atoms with Gasteiger partial charge in [0.2, 0.25) is 15.9 Å². The van der Waals surface area contributed by atoms with Gasteiger partial charge in [0.1, 0.15) is 0 Å². The van der Waals surface area contributed by atoms with Crippen molar-refractivity contribution in [1.82, 2.24) is 9.62 Å². The number of benzene rings is 1. The smallest absolute Gasteiger partial charge is 0.235 e. The summed E-state index contributed by atoms with van der Waals surface area (Å²) in [6, 6.07) is 5.08.